The van der Waals surface area contributed by atoms with E-state index in [1.54, 1.807) is 12.1 Å². The molecule has 0 bridgehead atoms. The smallest absolute Gasteiger partial charge is 0.269 e. The van der Waals surface area contributed by atoms with Crippen LogP contribution in [0.1, 0.15) is 18.5 Å². The summed E-state index contributed by atoms with van der Waals surface area (Å²) >= 11 is 0. The number of nitro groups is 1. The van der Waals surface area contributed by atoms with E-state index in [0.29, 0.717) is 0 Å². The van der Waals surface area contributed by atoms with E-state index in [4.69, 9.17) is 0 Å². The van der Waals surface area contributed by atoms with E-state index in [2.05, 4.69) is 11.8 Å². The van der Waals surface area contributed by atoms with Gasteiger partial charge < -0.3 is 4.90 Å². The minimum absolute atomic E-state index is 0.139. The lowest BCUT2D eigenvalue weighted by Crippen LogP contribution is -2.16. The molecule has 0 spiro atoms. The summed E-state index contributed by atoms with van der Waals surface area (Å²) in [5.74, 6) is 0. The topological polar surface area (TPSA) is 46.4 Å². The largest absolute Gasteiger partial charge is 0.303 e. The number of benzene rings is 1. The lowest BCUT2D eigenvalue weighted by molar-refractivity contribution is -0.384. The summed E-state index contributed by atoms with van der Waals surface area (Å²) in [6.45, 7) is 2.06. The maximum Gasteiger partial charge on any atom is 0.269 e. The molecule has 0 saturated carbocycles. The van der Waals surface area contributed by atoms with Crippen molar-refractivity contribution in [1.29, 1.82) is 0 Å². The Hall–Kier alpha value is -1.42. The average molecular weight is 194 g/mol. The zero-order chi connectivity index (χ0) is 10.7. The van der Waals surface area contributed by atoms with Gasteiger partial charge in [-0.3, -0.25) is 10.1 Å². The molecule has 1 aromatic carbocycles. The summed E-state index contributed by atoms with van der Waals surface area (Å²) in [5.41, 5.74) is 1.22. The van der Waals surface area contributed by atoms with E-state index in [1.165, 1.54) is 12.1 Å². The van der Waals surface area contributed by atoms with Crippen LogP contribution in [0.15, 0.2) is 24.3 Å². The van der Waals surface area contributed by atoms with Crippen LogP contribution in [0.25, 0.3) is 0 Å². The monoisotopic (exact) mass is 194 g/mol. The number of non-ortho nitro benzene ring substituents is 1. The van der Waals surface area contributed by atoms with Gasteiger partial charge >= 0.3 is 0 Å². The summed E-state index contributed by atoms with van der Waals surface area (Å²) in [7, 11) is 3.96. The third kappa shape index (κ3) is 2.29. The molecule has 0 aromatic heterocycles. The van der Waals surface area contributed by atoms with Crippen LogP contribution in [-0.2, 0) is 0 Å². The molecule has 76 valence electrons. The molecule has 14 heavy (non-hydrogen) atoms. The van der Waals surface area contributed by atoms with Gasteiger partial charge in [0.1, 0.15) is 0 Å². The predicted octanol–water partition coefficient (Wildman–Crippen LogP) is 2.22. The second-order valence-electron chi connectivity index (χ2n) is 3.49. The predicted molar refractivity (Wildman–Crippen MR) is 55.2 cm³/mol. The second kappa shape index (κ2) is 4.19. The fourth-order valence-electron chi connectivity index (χ4n) is 1.17. The Morgan fingerprint density at radius 1 is 1.29 bits per heavy atom. The number of hydrogen-bond donors (Lipinski definition) is 0. The molecule has 0 N–H and O–H groups in total. The number of nitro benzene ring substituents is 1. The minimum Gasteiger partial charge on any atom is -0.303 e. The number of hydrogen-bond acceptors (Lipinski definition) is 3. The first-order valence-corrected chi connectivity index (χ1v) is 4.43. The molecule has 4 nitrogen and oxygen atoms in total. The molecule has 1 aromatic rings. The van der Waals surface area contributed by atoms with Crippen LogP contribution in [0.3, 0.4) is 0 Å². The molecule has 1 rings (SSSR count). The van der Waals surface area contributed by atoms with Crippen LogP contribution in [0.4, 0.5) is 5.69 Å². The van der Waals surface area contributed by atoms with Crippen LogP contribution >= 0.6 is 0 Å². The second-order valence-corrected chi connectivity index (χ2v) is 3.49. The van der Waals surface area contributed by atoms with Crippen molar-refractivity contribution in [3.63, 3.8) is 0 Å². The van der Waals surface area contributed by atoms with Gasteiger partial charge in [-0.1, -0.05) is 12.1 Å². The summed E-state index contributed by atoms with van der Waals surface area (Å²) < 4.78 is 0. The highest BCUT2D eigenvalue weighted by Crippen LogP contribution is 2.20. The van der Waals surface area contributed by atoms with Crippen molar-refractivity contribution < 1.29 is 4.92 Å². The van der Waals surface area contributed by atoms with Crippen LogP contribution in [0.5, 0.6) is 0 Å². The highest BCUT2D eigenvalue weighted by atomic mass is 16.6. The van der Waals surface area contributed by atoms with Gasteiger partial charge in [-0.2, -0.15) is 0 Å². The van der Waals surface area contributed by atoms with E-state index < -0.39 is 0 Å². The fourth-order valence-corrected chi connectivity index (χ4v) is 1.17. The quantitative estimate of drug-likeness (QED) is 0.547. The fraction of sp³-hybridized carbons (Fsp3) is 0.400. The van der Waals surface area contributed by atoms with Crippen molar-refractivity contribution in [2.24, 2.45) is 0 Å². The van der Waals surface area contributed by atoms with Gasteiger partial charge in [0.15, 0.2) is 0 Å². The van der Waals surface area contributed by atoms with Gasteiger partial charge in [0.25, 0.3) is 5.69 Å². The van der Waals surface area contributed by atoms with E-state index in [0.717, 1.165) is 5.56 Å². The van der Waals surface area contributed by atoms with Gasteiger partial charge in [-0.15, -0.1) is 0 Å². The number of rotatable bonds is 3. The molecule has 0 heterocycles. The summed E-state index contributed by atoms with van der Waals surface area (Å²) in [5, 5.41) is 10.4. The zero-order valence-electron chi connectivity index (χ0n) is 8.60. The molecule has 0 aliphatic rings. The van der Waals surface area contributed by atoms with E-state index >= 15 is 0 Å². The Morgan fingerprint density at radius 2 is 1.79 bits per heavy atom. The Morgan fingerprint density at radius 3 is 2.14 bits per heavy atom. The molecule has 4 heteroatoms. The molecule has 0 amide bonds. The third-order valence-corrected chi connectivity index (χ3v) is 2.36. The SMILES string of the molecule is CC(c1ccc([N+](=O)[O-])cc1)N(C)C. The lowest BCUT2D eigenvalue weighted by atomic mass is 10.1. The van der Waals surface area contributed by atoms with Crippen LogP contribution in [0, 0.1) is 10.1 Å². The molecule has 0 aliphatic heterocycles. The molecule has 0 radical (unpaired) electrons. The molecular weight excluding hydrogens is 180 g/mol. The van der Waals surface area contributed by atoms with Gasteiger partial charge in [0.05, 0.1) is 4.92 Å². The van der Waals surface area contributed by atoms with E-state index in [9.17, 15) is 10.1 Å². The summed E-state index contributed by atoms with van der Waals surface area (Å²) in [6, 6.07) is 6.94. The molecule has 0 fully saturated rings. The van der Waals surface area contributed by atoms with Crippen LogP contribution < -0.4 is 0 Å². The third-order valence-electron chi connectivity index (χ3n) is 2.36. The standard InChI is InChI=1S/C10H14N2O2/c1-8(11(2)3)9-4-6-10(7-5-9)12(13)14/h4-8H,1-3H3. The Balaban J connectivity index is 2.88. The van der Waals surface area contributed by atoms with Gasteiger partial charge in [-0.05, 0) is 26.6 Å². The van der Waals surface area contributed by atoms with Gasteiger partial charge in [0, 0.05) is 18.2 Å². The normalized spacial score (nSPS) is 12.9. The average Bonchev–Trinajstić information content (AvgIpc) is 2.16. The van der Waals surface area contributed by atoms with Crippen LogP contribution in [0.2, 0.25) is 0 Å². The molecule has 0 saturated heterocycles. The summed E-state index contributed by atoms with van der Waals surface area (Å²) in [4.78, 5) is 12.1. The van der Waals surface area contributed by atoms with Crippen molar-refractivity contribution in [2.45, 2.75) is 13.0 Å². The van der Waals surface area contributed by atoms with Crippen molar-refractivity contribution in [3.8, 4) is 0 Å². The maximum atomic E-state index is 10.4. The lowest BCUT2D eigenvalue weighted by Gasteiger charge is -2.19. The van der Waals surface area contributed by atoms with Crippen molar-refractivity contribution in [3.05, 3.63) is 39.9 Å². The highest BCUT2D eigenvalue weighted by Gasteiger charge is 2.09. The van der Waals surface area contributed by atoms with Crippen molar-refractivity contribution in [1.82, 2.24) is 4.90 Å². The van der Waals surface area contributed by atoms with Crippen molar-refractivity contribution in [2.75, 3.05) is 14.1 Å². The first-order chi connectivity index (χ1) is 6.52. The van der Waals surface area contributed by atoms with Crippen molar-refractivity contribution >= 4 is 5.69 Å². The zero-order valence-corrected chi connectivity index (χ0v) is 8.60. The van der Waals surface area contributed by atoms with Crippen LogP contribution in [-0.4, -0.2) is 23.9 Å². The number of nitrogens with zero attached hydrogens (tertiary/aromatic N) is 2. The minimum atomic E-state index is -0.385. The van der Waals surface area contributed by atoms with Gasteiger partial charge in [-0.25, -0.2) is 0 Å². The van der Waals surface area contributed by atoms with E-state index in [1.807, 2.05) is 14.1 Å². The maximum absolute atomic E-state index is 10.4. The molecular formula is C10H14N2O2. The first kappa shape index (κ1) is 10.7. The Kier molecular flexibility index (Phi) is 3.19. The first-order valence-electron chi connectivity index (χ1n) is 4.43. The molecule has 1 unspecified atom stereocenters. The molecule has 0 aliphatic carbocycles. The highest BCUT2D eigenvalue weighted by molar-refractivity contribution is 5.33. The van der Waals surface area contributed by atoms with E-state index in [-0.39, 0.29) is 16.7 Å². The summed E-state index contributed by atoms with van der Waals surface area (Å²) in [6.07, 6.45) is 0. The molecule has 1 atom stereocenters. The Bertz CT molecular complexity index is 319. The van der Waals surface area contributed by atoms with Gasteiger partial charge in [0.2, 0.25) is 0 Å². The Labute approximate surface area is 83.3 Å².